The van der Waals surface area contributed by atoms with Gasteiger partial charge in [0, 0.05) is 23.7 Å². The number of rotatable bonds is 3. The van der Waals surface area contributed by atoms with E-state index >= 15 is 0 Å². The van der Waals surface area contributed by atoms with Gasteiger partial charge in [0.1, 0.15) is 11.7 Å². The summed E-state index contributed by atoms with van der Waals surface area (Å²) in [5.41, 5.74) is 1.27. The van der Waals surface area contributed by atoms with Gasteiger partial charge in [0.25, 0.3) is 0 Å². The molecule has 0 amide bonds. The van der Waals surface area contributed by atoms with E-state index in [0.29, 0.717) is 26.6 Å². The van der Waals surface area contributed by atoms with Crippen LogP contribution in [0.1, 0.15) is 17.4 Å². The summed E-state index contributed by atoms with van der Waals surface area (Å²) in [6.07, 6.45) is 2.09. The van der Waals surface area contributed by atoms with Crippen molar-refractivity contribution in [2.45, 2.75) is 25.2 Å². The average molecular weight is 369 g/mol. The van der Waals surface area contributed by atoms with Gasteiger partial charge < -0.3 is 9.67 Å². The first-order valence-electron chi connectivity index (χ1n) is 7.19. The topological polar surface area (TPSA) is 72.9 Å². The lowest BCUT2D eigenvalue weighted by atomic mass is 10.1. The van der Waals surface area contributed by atoms with Crippen LogP contribution in [0.25, 0.3) is 10.9 Å². The van der Waals surface area contributed by atoms with Crippen molar-refractivity contribution in [1.82, 2.24) is 19.3 Å². The molecule has 1 aromatic carbocycles. The summed E-state index contributed by atoms with van der Waals surface area (Å²) < 4.78 is 16.5. The normalized spacial score (nSPS) is 18.0. The maximum Gasteiger partial charge on any atom is 0.334 e. The SMILES string of the molecule is O=C(O)C(c1ncn2c1C[C@@H](F)C2)n1cc2c(Cl)ccc(Cl)c2n1. The van der Waals surface area contributed by atoms with Crippen LogP contribution in [0.3, 0.4) is 0 Å². The van der Waals surface area contributed by atoms with Crippen molar-refractivity contribution in [1.29, 1.82) is 0 Å². The number of hydrogen-bond donors (Lipinski definition) is 1. The number of alkyl halides is 1. The fourth-order valence-corrected chi connectivity index (χ4v) is 3.47. The fraction of sp³-hybridized carbons (Fsp3) is 0.267. The number of fused-ring (bicyclic) bond motifs is 2. The zero-order chi connectivity index (χ0) is 17.0. The smallest absolute Gasteiger partial charge is 0.334 e. The number of carboxylic acids is 1. The first kappa shape index (κ1) is 15.4. The molecule has 24 heavy (non-hydrogen) atoms. The maximum atomic E-state index is 13.6. The van der Waals surface area contributed by atoms with E-state index in [2.05, 4.69) is 10.1 Å². The van der Waals surface area contributed by atoms with Gasteiger partial charge in [-0.2, -0.15) is 5.10 Å². The largest absolute Gasteiger partial charge is 0.479 e. The zero-order valence-electron chi connectivity index (χ0n) is 12.2. The van der Waals surface area contributed by atoms with Gasteiger partial charge in [-0.15, -0.1) is 0 Å². The lowest BCUT2D eigenvalue weighted by molar-refractivity contribution is -0.139. The van der Waals surface area contributed by atoms with Gasteiger partial charge in [0.15, 0.2) is 6.04 Å². The number of carbonyl (C=O) groups is 1. The number of aromatic nitrogens is 4. The highest BCUT2D eigenvalue weighted by molar-refractivity contribution is 6.39. The predicted molar refractivity (Wildman–Crippen MR) is 86.4 cm³/mol. The van der Waals surface area contributed by atoms with Crippen molar-refractivity contribution >= 4 is 40.1 Å². The van der Waals surface area contributed by atoms with E-state index in [9.17, 15) is 14.3 Å². The third-order valence-electron chi connectivity index (χ3n) is 4.14. The second kappa shape index (κ2) is 5.46. The van der Waals surface area contributed by atoms with Crippen molar-refractivity contribution in [3.8, 4) is 0 Å². The molecule has 3 heterocycles. The Balaban J connectivity index is 1.87. The Morgan fingerprint density at radius 3 is 2.83 bits per heavy atom. The van der Waals surface area contributed by atoms with Crippen LogP contribution in [0.2, 0.25) is 10.0 Å². The molecule has 0 saturated heterocycles. The van der Waals surface area contributed by atoms with Crippen LogP contribution in [-0.4, -0.2) is 36.6 Å². The molecule has 124 valence electrons. The van der Waals surface area contributed by atoms with Crippen LogP contribution in [-0.2, 0) is 17.8 Å². The van der Waals surface area contributed by atoms with Crippen molar-refractivity contribution in [3.05, 3.63) is 46.1 Å². The number of imidazole rings is 1. The van der Waals surface area contributed by atoms with Crippen molar-refractivity contribution < 1.29 is 14.3 Å². The molecule has 6 nitrogen and oxygen atoms in total. The number of aliphatic carboxylic acids is 1. The van der Waals surface area contributed by atoms with Gasteiger partial charge in [-0.3, -0.25) is 4.68 Å². The van der Waals surface area contributed by atoms with Crippen molar-refractivity contribution in [3.63, 3.8) is 0 Å². The van der Waals surface area contributed by atoms with E-state index in [-0.39, 0.29) is 18.7 Å². The van der Waals surface area contributed by atoms with Gasteiger partial charge in [-0.25, -0.2) is 14.2 Å². The summed E-state index contributed by atoms with van der Waals surface area (Å²) in [7, 11) is 0. The van der Waals surface area contributed by atoms with Crippen LogP contribution >= 0.6 is 23.2 Å². The van der Waals surface area contributed by atoms with Crippen LogP contribution in [0.15, 0.2) is 24.7 Å². The minimum atomic E-state index is -1.17. The standard InChI is InChI=1S/C15H11Cl2FN4O2/c16-9-1-2-10(17)12-8(9)5-22(20-12)14(15(23)24)13-11-3-7(18)4-21(11)6-19-13/h1-2,5-7,14H,3-4H2,(H,23,24)/t7-,14?/m1/s1. The van der Waals surface area contributed by atoms with Gasteiger partial charge >= 0.3 is 5.97 Å². The number of nitrogens with zero attached hydrogens (tertiary/aromatic N) is 4. The van der Waals surface area contributed by atoms with Gasteiger partial charge in [0.05, 0.1) is 28.6 Å². The zero-order valence-corrected chi connectivity index (χ0v) is 13.7. The molecule has 4 rings (SSSR count). The Hall–Kier alpha value is -2.12. The summed E-state index contributed by atoms with van der Waals surface area (Å²) in [4.78, 5) is 16.0. The highest BCUT2D eigenvalue weighted by Gasteiger charge is 2.33. The van der Waals surface area contributed by atoms with E-state index in [4.69, 9.17) is 23.2 Å². The summed E-state index contributed by atoms with van der Waals surface area (Å²) >= 11 is 12.2. The highest BCUT2D eigenvalue weighted by atomic mass is 35.5. The summed E-state index contributed by atoms with van der Waals surface area (Å²) in [6.45, 7) is 0.188. The van der Waals surface area contributed by atoms with E-state index < -0.39 is 18.2 Å². The third-order valence-corrected chi connectivity index (χ3v) is 4.77. The Bertz CT molecular complexity index is 929. The molecule has 0 spiro atoms. The monoisotopic (exact) mass is 368 g/mol. The van der Waals surface area contributed by atoms with E-state index in [1.807, 2.05) is 0 Å². The lowest BCUT2D eigenvalue weighted by Crippen LogP contribution is -2.22. The fourth-order valence-electron chi connectivity index (χ4n) is 3.06. The molecule has 1 aliphatic heterocycles. The minimum absolute atomic E-state index is 0.140. The highest BCUT2D eigenvalue weighted by Crippen LogP contribution is 2.32. The first-order chi connectivity index (χ1) is 11.5. The predicted octanol–water partition coefficient (Wildman–Crippen LogP) is 3.11. The van der Waals surface area contributed by atoms with Crippen LogP contribution < -0.4 is 0 Å². The molecule has 1 N–H and O–H groups in total. The number of benzene rings is 1. The molecule has 0 bridgehead atoms. The number of carboxylic acid groups (broad SMARTS) is 1. The van der Waals surface area contributed by atoms with Crippen LogP contribution in [0.5, 0.6) is 0 Å². The molecule has 0 aliphatic carbocycles. The second-order valence-corrected chi connectivity index (χ2v) is 6.49. The lowest BCUT2D eigenvalue weighted by Gasteiger charge is -2.12. The van der Waals surface area contributed by atoms with Gasteiger partial charge in [-0.1, -0.05) is 23.2 Å². The van der Waals surface area contributed by atoms with Crippen molar-refractivity contribution in [2.24, 2.45) is 0 Å². The Morgan fingerprint density at radius 2 is 2.12 bits per heavy atom. The second-order valence-electron chi connectivity index (χ2n) is 5.67. The van der Waals surface area contributed by atoms with Crippen LogP contribution in [0, 0.1) is 0 Å². The van der Waals surface area contributed by atoms with Gasteiger partial charge in [-0.05, 0) is 12.1 Å². The average Bonchev–Trinajstić information content (AvgIpc) is 3.19. The molecular weight excluding hydrogens is 358 g/mol. The molecule has 3 aromatic rings. The van der Waals surface area contributed by atoms with Gasteiger partial charge in [0.2, 0.25) is 0 Å². The van der Waals surface area contributed by atoms with Crippen molar-refractivity contribution in [2.75, 3.05) is 0 Å². The number of hydrogen-bond acceptors (Lipinski definition) is 3. The maximum absolute atomic E-state index is 13.6. The van der Waals surface area contributed by atoms with E-state index in [1.165, 1.54) is 17.2 Å². The summed E-state index contributed by atoms with van der Waals surface area (Å²) in [5.74, 6) is -1.14. The molecule has 2 aromatic heterocycles. The quantitative estimate of drug-likeness (QED) is 0.770. The number of halogens is 3. The van der Waals surface area contributed by atoms with E-state index in [0.717, 1.165) is 0 Å². The Morgan fingerprint density at radius 1 is 1.38 bits per heavy atom. The summed E-state index contributed by atoms with van der Waals surface area (Å²) in [6, 6.07) is 2.04. The molecular formula is C15H11Cl2FN4O2. The summed E-state index contributed by atoms with van der Waals surface area (Å²) in [5, 5.41) is 15.3. The van der Waals surface area contributed by atoms with Crippen LogP contribution in [0.4, 0.5) is 4.39 Å². The molecule has 0 radical (unpaired) electrons. The van der Waals surface area contributed by atoms with E-state index in [1.54, 1.807) is 16.7 Å². The molecule has 0 fully saturated rings. The molecule has 0 saturated carbocycles. The Kier molecular flexibility index (Phi) is 3.51. The molecule has 2 atom stereocenters. The molecule has 1 unspecified atom stereocenters. The molecule has 9 heteroatoms. The third kappa shape index (κ3) is 2.27. The minimum Gasteiger partial charge on any atom is -0.479 e. The first-order valence-corrected chi connectivity index (χ1v) is 7.95. The Labute approximate surface area is 145 Å². The molecule has 1 aliphatic rings.